The topological polar surface area (TPSA) is 68.7 Å². The summed E-state index contributed by atoms with van der Waals surface area (Å²) in [5.74, 6) is 0.773. The molecule has 0 atom stereocenters. The van der Waals surface area contributed by atoms with Crippen LogP contribution >= 0.6 is 11.3 Å². The van der Waals surface area contributed by atoms with Crippen molar-refractivity contribution in [3.05, 3.63) is 39.8 Å². The van der Waals surface area contributed by atoms with Crippen molar-refractivity contribution in [2.24, 2.45) is 0 Å². The maximum absolute atomic E-state index is 10.7. The summed E-state index contributed by atoms with van der Waals surface area (Å²) in [5.41, 5.74) is 0.795. The first-order chi connectivity index (χ1) is 10.6. The van der Waals surface area contributed by atoms with Gasteiger partial charge < -0.3 is 14.6 Å². The molecule has 5 nitrogen and oxygen atoms in total. The van der Waals surface area contributed by atoms with Gasteiger partial charge in [-0.3, -0.25) is 4.79 Å². The smallest absolute Gasteiger partial charge is 0.308 e. The molecule has 0 spiro atoms. The number of aliphatic carboxylic acids is 1. The Labute approximate surface area is 133 Å². The number of benzene rings is 1. The van der Waals surface area contributed by atoms with Crippen molar-refractivity contribution >= 4 is 17.3 Å². The fraction of sp³-hybridized carbons (Fsp3) is 0.375. The molecular weight excluding hydrogens is 302 g/mol. The van der Waals surface area contributed by atoms with Gasteiger partial charge in [0.2, 0.25) is 0 Å². The summed E-state index contributed by atoms with van der Waals surface area (Å²) >= 11 is 1.44. The van der Waals surface area contributed by atoms with E-state index in [0.29, 0.717) is 19.6 Å². The van der Waals surface area contributed by atoms with Crippen molar-refractivity contribution in [1.29, 1.82) is 0 Å². The summed E-state index contributed by atoms with van der Waals surface area (Å²) in [6.45, 7) is 4.93. The first kappa shape index (κ1) is 16.3. The van der Waals surface area contributed by atoms with Gasteiger partial charge in [-0.1, -0.05) is 0 Å². The molecule has 2 rings (SSSR count). The number of carboxylic acid groups (broad SMARTS) is 1. The van der Waals surface area contributed by atoms with Crippen LogP contribution in [0, 0.1) is 6.92 Å². The van der Waals surface area contributed by atoms with E-state index in [2.05, 4.69) is 4.98 Å². The van der Waals surface area contributed by atoms with Crippen molar-refractivity contribution in [1.82, 2.24) is 4.98 Å². The number of nitrogens with zero attached hydrogens (tertiary/aromatic N) is 1. The SMILES string of the molecule is CCOc1ccc(OCCc2nc(C)c(CC(=O)O)s2)cc1. The molecule has 0 aliphatic carbocycles. The molecule has 1 N–H and O–H groups in total. The molecule has 0 amide bonds. The van der Waals surface area contributed by atoms with Crippen LogP contribution < -0.4 is 9.47 Å². The summed E-state index contributed by atoms with van der Waals surface area (Å²) in [4.78, 5) is 15.9. The Morgan fingerprint density at radius 1 is 1.23 bits per heavy atom. The molecular formula is C16H19NO4S. The van der Waals surface area contributed by atoms with Gasteiger partial charge in [0.15, 0.2) is 0 Å². The zero-order valence-corrected chi connectivity index (χ0v) is 13.5. The van der Waals surface area contributed by atoms with Crippen LogP contribution in [-0.4, -0.2) is 29.3 Å². The van der Waals surface area contributed by atoms with Gasteiger partial charge in [0.25, 0.3) is 0 Å². The third-order valence-corrected chi connectivity index (χ3v) is 4.19. The van der Waals surface area contributed by atoms with Gasteiger partial charge in [-0.2, -0.15) is 0 Å². The number of hydrogen-bond acceptors (Lipinski definition) is 5. The quantitative estimate of drug-likeness (QED) is 0.809. The predicted octanol–water partition coefficient (Wildman–Crippen LogP) is 3.10. The first-order valence-electron chi connectivity index (χ1n) is 7.11. The van der Waals surface area contributed by atoms with Crippen LogP contribution in [-0.2, 0) is 17.6 Å². The number of thiazole rings is 1. The van der Waals surface area contributed by atoms with E-state index in [1.54, 1.807) is 0 Å². The molecule has 0 saturated carbocycles. The largest absolute Gasteiger partial charge is 0.494 e. The lowest BCUT2D eigenvalue weighted by molar-refractivity contribution is -0.136. The minimum absolute atomic E-state index is 0.0310. The molecule has 6 heteroatoms. The monoisotopic (exact) mass is 321 g/mol. The van der Waals surface area contributed by atoms with E-state index in [4.69, 9.17) is 14.6 Å². The van der Waals surface area contributed by atoms with E-state index in [9.17, 15) is 4.79 Å². The Bertz CT molecular complexity index is 622. The highest BCUT2D eigenvalue weighted by molar-refractivity contribution is 7.11. The Balaban J connectivity index is 1.84. The molecule has 1 aromatic heterocycles. The van der Waals surface area contributed by atoms with E-state index >= 15 is 0 Å². The average molecular weight is 321 g/mol. The Hall–Kier alpha value is -2.08. The predicted molar refractivity (Wildman–Crippen MR) is 85.0 cm³/mol. The molecule has 2 aromatic rings. The van der Waals surface area contributed by atoms with Gasteiger partial charge in [0.05, 0.1) is 30.3 Å². The second-order valence-corrected chi connectivity index (χ2v) is 5.86. The summed E-state index contributed by atoms with van der Waals surface area (Å²) in [5, 5.41) is 9.73. The van der Waals surface area contributed by atoms with E-state index < -0.39 is 5.97 Å². The van der Waals surface area contributed by atoms with Gasteiger partial charge in [-0.05, 0) is 38.1 Å². The number of carbonyl (C=O) groups is 1. The summed E-state index contributed by atoms with van der Waals surface area (Å²) < 4.78 is 11.0. The van der Waals surface area contributed by atoms with Gasteiger partial charge >= 0.3 is 5.97 Å². The normalized spacial score (nSPS) is 10.5. The molecule has 1 heterocycles. The summed E-state index contributed by atoms with van der Waals surface area (Å²) in [7, 11) is 0. The van der Waals surface area contributed by atoms with Gasteiger partial charge in [0, 0.05) is 11.3 Å². The molecule has 22 heavy (non-hydrogen) atoms. The number of aryl methyl sites for hydroxylation is 1. The Kier molecular flexibility index (Phi) is 5.77. The van der Waals surface area contributed by atoms with Crippen LogP contribution in [0.1, 0.15) is 22.5 Å². The first-order valence-corrected chi connectivity index (χ1v) is 7.92. The van der Waals surface area contributed by atoms with Crippen LogP contribution in [0.4, 0.5) is 0 Å². The molecule has 0 saturated heterocycles. The zero-order chi connectivity index (χ0) is 15.9. The zero-order valence-electron chi connectivity index (χ0n) is 12.7. The lowest BCUT2D eigenvalue weighted by atomic mass is 10.3. The molecule has 118 valence electrons. The number of carboxylic acids is 1. The van der Waals surface area contributed by atoms with Crippen LogP contribution in [0.25, 0.3) is 0 Å². The van der Waals surface area contributed by atoms with Gasteiger partial charge in [-0.25, -0.2) is 4.98 Å². The van der Waals surface area contributed by atoms with Gasteiger partial charge in [0.1, 0.15) is 11.5 Å². The van der Waals surface area contributed by atoms with E-state index in [-0.39, 0.29) is 6.42 Å². The van der Waals surface area contributed by atoms with Crippen molar-refractivity contribution in [3.63, 3.8) is 0 Å². The molecule has 1 aromatic carbocycles. The third-order valence-electron chi connectivity index (χ3n) is 2.97. The molecule has 0 aliphatic rings. The minimum Gasteiger partial charge on any atom is -0.494 e. The highest BCUT2D eigenvalue weighted by Crippen LogP contribution is 2.21. The van der Waals surface area contributed by atoms with Crippen LogP contribution in [0.15, 0.2) is 24.3 Å². The van der Waals surface area contributed by atoms with E-state index in [1.165, 1.54) is 11.3 Å². The fourth-order valence-electron chi connectivity index (χ4n) is 1.95. The third kappa shape index (κ3) is 4.73. The Morgan fingerprint density at radius 3 is 2.45 bits per heavy atom. The number of hydrogen-bond donors (Lipinski definition) is 1. The summed E-state index contributed by atoms with van der Waals surface area (Å²) in [6.07, 6.45) is 0.696. The lowest BCUT2D eigenvalue weighted by Gasteiger charge is -2.06. The van der Waals surface area contributed by atoms with E-state index in [1.807, 2.05) is 38.1 Å². The Morgan fingerprint density at radius 2 is 1.86 bits per heavy atom. The summed E-state index contributed by atoms with van der Waals surface area (Å²) in [6, 6.07) is 7.48. The van der Waals surface area contributed by atoms with Crippen molar-refractivity contribution in [2.45, 2.75) is 26.7 Å². The fourth-order valence-corrected chi connectivity index (χ4v) is 2.99. The molecule has 0 unspecified atom stereocenters. The standard InChI is InChI=1S/C16H19NO4S/c1-3-20-12-4-6-13(7-5-12)21-9-8-15-17-11(2)14(22-15)10-16(18)19/h4-7H,3,8-10H2,1-2H3,(H,18,19). The maximum Gasteiger partial charge on any atom is 0.308 e. The average Bonchev–Trinajstić information content (AvgIpc) is 2.81. The maximum atomic E-state index is 10.7. The molecule has 0 aliphatic heterocycles. The second kappa shape index (κ2) is 7.79. The van der Waals surface area contributed by atoms with Crippen molar-refractivity contribution in [3.8, 4) is 11.5 Å². The van der Waals surface area contributed by atoms with Crippen LogP contribution in [0.2, 0.25) is 0 Å². The highest BCUT2D eigenvalue weighted by Gasteiger charge is 2.10. The lowest BCUT2D eigenvalue weighted by Crippen LogP contribution is -2.01. The number of aromatic nitrogens is 1. The highest BCUT2D eigenvalue weighted by atomic mass is 32.1. The van der Waals surface area contributed by atoms with Crippen molar-refractivity contribution in [2.75, 3.05) is 13.2 Å². The van der Waals surface area contributed by atoms with Crippen molar-refractivity contribution < 1.29 is 19.4 Å². The van der Waals surface area contributed by atoms with Crippen LogP contribution in [0.5, 0.6) is 11.5 Å². The van der Waals surface area contributed by atoms with Gasteiger partial charge in [-0.15, -0.1) is 11.3 Å². The second-order valence-electron chi connectivity index (χ2n) is 4.69. The van der Waals surface area contributed by atoms with E-state index in [0.717, 1.165) is 27.1 Å². The molecule has 0 bridgehead atoms. The number of ether oxygens (including phenoxy) is 2. The molecule has 0 radical (unpaired) electrons. The number of rotatable bonds is 8. The minimum atomic E-state index is -0.830. The molecule has 0 fully saturated rings. The van der Waals surface area contributed by atoms with Crippen LogP contribution in [0.3, 0.4) is 0 Å².